The summed E-state index contributed by atoms with van der Waals surface area (Å²) < 4.78 is 24.6. The van der Waals surface area contributed by atoms with Crippen molar-refractivity contribution >= 4 is 38.9 Å². The molecule has 1 aromatic rings. The first-order chi connectivity index (χ1) is 7.92. The molecule has 0 heterocycles. The number of hydrogen-bond donors (Lipinski definition) is 2. The molecule has 0 atom stereocenters. The second-order valence-electron chi connectivity index (χ2n) is 3.41. The van der Waals surface area contributed by atoms with Gasteiger partial charge in [0.15, 0.2) is 0 Å². The van der Waals surface area contributed by atoms with Crippen molar-refractivity contribution in [1.29, 1.82) is 0 Å². The van der Waals surface area contributed by atoms with Crippen LogP contribution in [0, 0.1) is 0 Å². The summed E-state index contributed by atoms with van der Waals surface area (Å²) >= 11 is 5.44. The highest BCUT2D eigenvalue weighted by molar-refractivity contribution is 7.92. The van der Waals surface area contributed by atoms with Gasteiger partial charge in [-0.1, -0.05) is 12.1 Å². The van der Waals surface area contributed by atoms with E-state index in [1.165, 1.54) is 0 Å². The number of alkyl halides is 1. The molecule has 0 unspecified atom stereocenters. The van der Waals surface area contributed by atoms with E-state index >= 15 is 0 Å². The predicted octanol–water partition coefficient (Wildman–Crippen LogP) is 1.63. The maximum Gasteiger partial charge on any atom is 0.229 e. The van der Waals surface area contributed by atoms with E-state index in [9.17, 15) is 13.2 Å². The van der Waals surface area contributed by atoms with Crippen molar-refractivity contribution in [3.63, 3.8) is 0 Å². The molecule has 0 saturated heterocycles. The van der Waals surface area contributed by atoms with Crippen LogP contribution < -0.4 is 10.0 Å². The van der Waals surface area contributed by atoms with Crippen molar-refractivity contribution in [2.75, 3.05) is 22.2 Å². The summed E-state index contributed by atoms with van der Waals surface area (Å²) in [4.78, 5) is 11.4. The fourth-order valence-corrected chi connectivity index (χ4v) is 1.93. The Labute approximate surface area is 105 Å². The highest BCUT2D eigenvalue weighted by Gasteiger charge is 2.09. The van der Waals surface area contributed by atoms with Gasteiger partial charge in [0.05, 0.1) is 17.6 Å². The number of amides is 1. The monoisotopic (exact) mass is 276 g/mol. The quantitative estimate of drug-likeness (QED) is 0.803. The van der Waals surface area contributed by atoms with Gasteiger partial charge in [-0.05, 0) is 12.1 Å². The molecule has 1 amide bonds. The molecular weight excluding hydrogens is 264 g/mol. The summed E-state index contributed by atoms with van der Waals surface area (Å²) in [6, 6.07) is 6.55. The minimum absolute atomic E-state index is 0.175. The molecular formula is C10H13ClN2O3S. The molecule has 0 bridgehead atoms. The van der Waals surface area contributed by atoms with Crippen molar-refractivity contribution < 1.29 is 13.2 Å². The number of halogens is 1. The third kappa shape index (κ3) is 5.06. The first-order valence-electron chi connectivity index (χ1n) is 4.85. The van der Waals surface area contributed by atoms with Gasteiger partial charge in [0, 0.05) is 12.3 Å². The normalized spacial score (nSPS) is 10.9. The number of carbonyl (C=O) groups is 1. The Kier molecular flexibility index (Phi) is 4.77. The average molecular weight is 277 g/mol. The average Bonchev–Trinajstić information content (AvgIpc) is 2.19. The second kappa shape index (κ2) is 5.88. The number of benzene rings is 1. The lowest BCUT2D eigenvalue weighted by Crippen LogP contribution is -2.15. The van der Waals surface area contributed by atoms with Crippen LogP contribution in [0.4, 0.5) is 11.4 Å². The third-order valence-corrected chi connectivity index (χ3v) is 2.60. The van der Waals surface area contributed by atoms with E-state index in [0.717, 1.165) is 6.26 Å². The Morgan fingerprint density at radius 1 is 1.29 bits per heavy atom. The number of hydrogen-bond acceptors (Lipinski definition) is 3. The molecule has 1 aromatic carbocycles. The molecule has 0 aromatic heterocycles. The first-order valence-corrected chi connectivity index (χ1v) is 7.27. The fourth-order valence-electron chi connectivity index (χ4n) is 1.18. The smallest absolute Gasteiger partial charge is 0.229 e. The third-order valence-electron chi connectivity index (χ3n) is 1.82. The molecule has 0 aliphatic carbocycles. The zero-order valence-corrected chi connectivity index (χ0v) is 10.8. The number of carbonyl (C=O) groups excluding carboxylic acids is 1. The van der Waals surface area contributed by atoms with Gasteiger partial charge in [0.1, 0.15) is 0 Å². The van der Waals surface area contributed by atoms with Crippen LogP contribution in [0.25, 0.3) is 0 Å². The zero-order valence-electron chi connectivity index (χ0n) is 9.23. The SMILES string of the molecule is CS(=O)(=O)Nc1ccccc1NC(=O)CCCl. The van der Waals surface area contributed by atoms with Gasteiger partial charge in [0.25, 0.3) is 0 Å². The van der Waals surface area contributed by atoms with Crippen LogP contribution in [0.5, 0.6) is 0 Å². The molecule has 0 saturated carbocycles. The van der Waals surface area contributed by atoms with Gasteiger partial charge < -0.3 is 5.32 Å². The summed E-state index contributed by atoms with van der Waals surface area (Å²) in [7, 11) is -3.38. The van der Waals surface area contributed by atoms with Gasteiger partial charge in [-0.25, -0.2) is 8.42 Å². The molecule has 17 heavy (non-hydrogen) atoms. The number of nitrogens with one attached hydrogen (secondary N) is 2. The van der Waals surface area contributed by atoms with Crippen LogP contribution in [0.1, 0.15) is 6.42 Å². The molecule has 0 radical (unpaired) electrons. The van der Waals surface area contributed by atoms with Gasteiger partial charge in [0.2, 0.25) is 15.9 Å². The second-order valence-corrected chi connectivity index (χ2v) is 5.53. The predicted molar refractivity (Wildman–Crippen MR) is 68.9 cm³/mol. The molecule has 7 heteroatoms. The van der Waals surface area contributed by atoms with Crippen LogP contribution in [-0.2, 0) is 14.8 Å². The van der Waals surface area contributed by atoms with E-state index in [0.29, 0.717) is 11.4 Å². The summed E-state index contributed by atoms with van der Waals surface area (Å²) in [5.74, 6) is -0.0456. The first kappa shape index (κ1) is 13.8. The summed E-state index contributed by atoms with van der Waals surface area (Å²) in [6.07, 6.45) is 1.22. The summed E-state index contributed by atoms with van der Waals surface area (Å²) in [5.41, 5.74) is 0.742. The summed E-state index contributed by atoms with van der Waals surface area (Å²) in [6.45, 7) is 0. The van der Waals surface area contributed by atoms with Crippen molar-refractivity contribution in [2.24, 2.45) is 0 Å². The fraction of sp³-hybridized carbons (Fsp3) is 0.300. The lowest BCUT2D eigenvalue weighted by atomic mass is 10.2. The molecule has 1 rings (SSSR count). The lowest BCUT2D eigenvalue weighted by Gasteiger charge is -2.11. The van der Waals surface area contributed by atoms with Crippen molar-refractivity contribution in [3.05, 3.63) is 24.3 Å². The Hall–Kier alpha value is -1.27. The van der Waals surface area contributed by atoms with Crippen LogP contribution in [-0.4, -0.2) is 26.5 Å². The Balaban J connectivity index is 2.88. The lowest BCUT2D eigenvalue weighted by molar-refractivity contribution is -0.115. The van der Waals surface area contributed by atoms with Crippen LogP contribution in [0.15, 0.2) is 24.3 Å². The topological polar surface area (TPSA) is 75.3 Å². The highest BCUT2D eigenvalue weighted by Crippen LogP contribution is 2.21. The van der Waals surface area contributed by atoms with E-state index in [1.807, 2.05) is 0 Å². The number of anilines is 2. The van der Waals surface area contributed by atoms with Gasteiger partial charge >= 0.3 is 0 Å². The van der Waals surface area contributed by atoms with Gasteiger partial charge in [-0.2, -0.15) is 0 Å². The highest BCUT2D eigenvalue weighted by atomic mass is 35.5. The molecule has 5 nitrogen and oxygen atoms in total. The molecule has 2 N–H and O–H groups in total. The van der Waals surface area contributed by atoms with E-state index < -0.39 is 10.0 Å². The van der Waals surface area contributed by atoms with Gasteiger partial charge in [-0.15, -0.1) is 11.6 Å². The zero-order chi connectivity index (χ0) is 12.9. The van der Waals surface area contributed by atoms with Crippen LogP contribution >= 0.6 is 11.6 Å². The molecule has 0 spiro atoms. The molecule has 94 valence electrons. The minimum Gasteiger partial charge on any atom is -0.324 e. The maximum absolute atomic E-state index is 11.4. The van der Waals surface area contributed by atoms with Crippen LogP contribution in [0.2, 0.25) is 0 Å². The Bertz CT molecular complexity index is 502. The van der Waals surface area contributed by atoms with Gasteiger partial charge in [-0.3, -0.25) is 9.52 Å². The summed E-state index contributed by atoms with van der Waals surface area (Å²) in [5, 5.41) is 2.58. The Morgan fingerprint density at radius 3 is 2.41 bits per heavy atom. The number of rotatable bonds is 5. The van der Waals surface area contributed by atoms with Crippen LogP contribution in [0.3, 0.4) is 0 Å². The molecule has 0 aliphatic rings. The van der Waals surface area contributed by atoms with Crippen molar-refractivity contribution in [2.45, 2.75) is 6.42 Å². The molecule has 0 fully saturated rings. The molecule has 0 aliphatic heterocycles. The maximum atomic E-state index is 11.4. The minimum atomic E-state index is -3.38. The van der Waals surface area contributed by atoms with Crippen molar-refractivity contribution in [1.82, 2.24) is 0 Å². The van der Waals surface area contributed by atoms with E-state index in [1.54, 1.807) is 24.3 Å². The number of sulfonamides is 1. The Morgan fingerprint density at radius 2 is 1.88 bits per heavy atom. The van der Waals surface area contributed by atoms with E-state index in [2.05, 4.69) is 10.0 Å². The number of para-hydroxylation sites is 2. The van der Waals surface area contributed by atoms with Crippen molar-refractivity contribution in [3.8, 4) is 0 Å². The van der Waals surface area contributed by atoms with E-state index in [4.69, 9.17) is 11.6 Å². The largest absolute Gasteiger partial charge is 0.324 e. The van der Waals surface area contributed by atoms with E-state index in [-0.39, 0.29) is 18.2 Å². The standard InChI is InChI=1S/C10H13ClN2O3S/c1-17(15,16)13-9-5-3-2-4-8(9)12-10(14)6-7-11/h2-5,13H,6-7H2,1H3,(H,12,14).